The topological polar surface area (TPSA) is 62.2 Å². The van der Waals surface area contributed by atoms with E-state index in [1.807, 2.05) is 17.5 Å². The third-order valence-electron chi connectivity index (χ3n) is 2.57. The van der Waals surface area contributed by atoms with E-state index < -0.39 is 0 Å². The molecule has 0 bridgehead atoms. The molecule has 2 heterocycles. The van der Waals surface area contributed by atoms with Gasteiger partial charge in [-0.05, 0) is 29.6 Å². The van der Waals surface area contributed by atoms with Crippen LogP contribution in [0.25, 0.3) is 10.2 Å². The first-order chi connectivity index (χ1) is 9.22. The molecule has 2 aromatic heterocycles. The Labute approximate surface area is 117 Å². The fourth-order valence-electron chi connectivity index (χ4n) is 1.67. The number of aromatic hydroxyl groups is 1. The molecule has 19 heavy (non-hydrogen) atoms. The molecule has 3 rings (SSSR count). The number of thiophene rings is 1. The van der Waals surface area contributed by atoms with Crippen molar-refractivity contribution in [3.8, 4) is 5.75 Å². The van der Waals surface area contributed by atoms with E-state index in [4.69, 9.17) is 0 Å². The number of fused-ring (bicyclic) bond motifs is 1. The number of hydrogen-bond acceptors (Lipinski definition) is 5. The van der Waals surface area contributed by atoms with Crippen molar-refractivity contribution in [2.24, 2.45) is 0 Å². The number of thiazole rings is 1. The first-order valence-corrected chi connectivity index (χ1v) is 7.32. The number of amides is 1. The summed E-state index contributed by atoms with van der Waals surface area (Å²) in [4.78, 5) is 17.3. The first kappa shape index (κ1) is 12.1. The second-order valence-corrected chi connectivity index (χ2v) is 6.00. The number of rotatable bonds is 3. The summed E-state index contributed by atoms with van der Waals surface area (Å²) in [6, 6.07) is 8.81. The molecule has 0 unspecified atom stereocenters. The van der Waals surface area contributed by atoms with Gasteiger partial charge in [0.1, 0.15) is 5.75 Å². The van der Waals surface area contributed by atoms with E-state index in [0.29, 0.717) is 11.6 Å². The molecule has 0 aliphatic rings. The highest BCUT2D eigenvalue weighted by atomic mass is 32.1. The molecule has 6 heteroatoms. The quantitative estimate of drug-likeness (QED) is 0.779. The Bertz CT molecular complexity index is 719. The van der Waals surface area contributed by atoms with Crippen LogP contribution in [0.5, 0.6) is 5.75 Å². The zero-order chi connectivity index (χ0) is 13.2. The third-order valence-corrected chi connectivity index (χ3v) is 4.46. The molecular formula is C13H10N2O2S2. The normalized spacial score (nSPS) is 10.7. The van der Waals surface area contributed by atoms with Crippen molar-refractivity contribution < 1.29 is 9.90 Å². The highest BCUT2D eigenvalue weighted by molar-refractivity contribution is 7.20. The lowest BCUT2D eigenvalue weighted by Gasteiger charge is -1.99. The summed E-state index contributed by atoms with van der Waals surface area (Å²) in [5, 5.41) is 14.6. The fourth-order valence-corrected chi connectivity index (χ4v) is 3.23. The van der Waals surface area contributed by atoms with Gasteiger partial charge in [-0.1, -0.05) is 6.07 Å². The monoisotopic (exact) mass is 290 g/mol. The van der Waals surface area contributed by atoms with Crippen LogP contribution in [-0.2, 0) is 6.54 Å². The summed E-state index contributed by atoms with van der Waals surface area (Å²) in [6.45, 7) is 0.512. The van der Waals surface area contributed by atoms with E-state index in [-0.39, 0.29) is 11.7 Å². The average molecular weight is 290 g/mol. The molecule has 1 amide bonds. The maximum Gasteiger partial charge on any atom is 0.280 e. The van der Waals surface area contributed by atoms with Crippen molar-refractivity contribution in [3.05, 3.63) is 45.6 Å². The van der Waals surface area contributed by atoms with Gasteiger partial charge in [-0.2, -0.15) is 0 Å². The molecular weight excluding hydrogens is 280 g/mol. The molecule has 0 radical (unpaired) electrons. The van der Waals surface area contributed by atoms with Crippen LogP contribution in [0.15, 0.2) is 35.7 Å². The highest BCUT2D eigenvalue weighted by Crippen LogP contribution is 2.25. The molecule has 0 saturated heterocycles. The predicted molar refractivity (Wildman–Crippen MR) is 76.8 cm³/mol. The maximum atomic E-state index is 12.0. The van der Waals surface area contributed by atoms with E-state index in [1.165, 1.54) is 11.3 Å². The minimum Gasteiger partial charge on any atom is -0.508 e. The lowest BCUT2D eigenvalue weighted by Crippen LogP contribution is -2.21. The number of nitrogens with zero attached hydrogens (tertiary/aromatic N) is 1. The summed E-state index contributed by atoms with van der Waals surface area (Å²) in [5.74, 6) is -0.00390. The van der Waals surface area contributed by atoms with E-state index in [2.05, 4.69) is 10.3 Å². The van der Waals surface area contributed by atoms with Crippen LogP contribution in [0.2, 0.25) is 0 Å². The molecule has 0 fully saturated rings. The molecule has 2 N–H and O–H groups in total. The molecule has 0 saturated carbocycles. The average Bonchev–Trinajstić information content (AvgIpc) is 3.04. The molecule has 0 aliphatic carbocycles. The molecule has 0 aliphatic heterocycles. The Morgan fingerprint density at radius 1 is 1.37 bits per heavy atom. The fraction of sp³-hybridized carbons (Fsp3) is 0.0769. The van der Waals surface area contributed by atoms with E-state index >= 15 is 0 Å². The van der Waals surface area contributed by atoms with E-state index in [1.54, 1.807) is 29.5 Å². The lowest BCUT2D eigenvalue weighted by atomic mass is 10.3. The van der Waals surface area contributed by atoms with E-state index in [0.717, 1.165) is 15.1 Å². The van der Waals surface area contributed by atoms with Crippen molar-refractivity contribution in [1.29, 1.82) is 0 Å². The summed E-state index contributed by atoms with van der Waals surface area (Å²) in [6.07, 6.45) is 0. The zero-order valence-electron chi connectivity index (χ0n) is 9.79. The van der Waals surface area contributed by atoms with Crippen molar-refractivity contribution >= 4 is 38.8 Å². The Kier molecular flexibility index (Phi) is 3.18. The number of carbonyl (C=O) groups is 1. The smallest absolute Gasteiger partial charge is 0.280 e. The summed E-state index contributed by atoms with van der Waals surface area (Å²) in [7, 11) is 0. The number of nitrogens with one attached hydrogen (secondary N) is 1. The number of benzene rings is 1. The van der Waals surface area contributed by atoms with Gasteiger partial charge in [0.25, 0.3) is 5.91 Å². The van der Waals surface area contributed by atoms with Crippen molar-refractivity contribution in [1.82, 2.24) is 10.3 Å². The Morgan fingerprint density at radius 3 is 3.05 bits per heavy atom. The Balaban J connectivity index is 1.77. The van der Waals surface area contributed by atoms with Gasteiger partial charge in [0, 0.05) is 4.88 Å². The number of phenolic OH excluding ortho intramolecular Hbond substituents is 1. The first-order valence-electron chi connectivity index (χ1n) is 5.62. The van der Waals surface area contributed by atoms with Crippen LogP contribution < -0.4 is 5.32 Å². The summed E-state index contributed by atoms with van der Waals surface area (Å²) < 4.78 is 0.807. The lowest BCUT2D eigenvalue weighted by molar-refractivity contribution is 0.0951. The standard InChI is InChI=1S/C13H10N2O2S2/c16-8-3-4-10-11(6-8)19-13(15-10)12(17)14-7-9-2-1-5-18-9/h1-6,16H,7H2,(H,14,17). The molecule has 3 aromatic rings. The van der Waals surface area contributed by atoms with Gasteiger partial charge in [-0.25, -0.2) is 4.98 Å². The highest BCUT2D eigenvalue weighted by Gasteiger charge is 2.12. The van der Waals surface area contributed by atoms with Crippen molar-refractivity contribution in [2.45, 2.75) is 6.54 Å². The van der Waals surface area contributed by atoms with Crippen molar-refractivity contribution in [2.75, 3.05) is 0 Å². The number of carbonyl (C=O) groups excluding carboxylic acids is 1. The number of hydrogen-bond donors (Lipinski definition) is 2. The van der Waals surface area contributed by atoms with Gasteiger partial charge in [0.05, 0.1) is 16.8 Å². The second kappa shape index (κ2) is 4.99. The molecule has 96 valence electrons. The van der Waals surface area contributed by atoms with Gasteiger partial charge in [-0.15, -0.1) is 22.7 Å². The largest absolute Gasteiger partial charge is 0.508 e. The SMILES string of the molecule is O=C(NCc1cccs1)c1nc2ccc(O)cc2s1. The van der Waals surface area contributed by atoms with Crippen LogP contribution in [0.3, 0.4) is 0 Å². The van der Waals surface area contributed by atoms with Gasteiger partial charge in [-0.3, -0.25) is 4.79 Å². The Morgan fingerprint density at radius 2 is 2.26 bits per heavy atom. The second-order valence-electron chi connectivity index (χ2n) is 3.93. The number of aromatic nitrogens is 1. The van der Waals surface area contributed by atoms with Crippen LogP contribution in [-0.4, -0.2) is 16.0 Å². The molecule has 1 aromatic carbocycles. The minimum atomic E-state index is -0.186. The van der Waals surface area contributed by atoms with Gasteiger partial charge < -0.3 is 10.4 Å². The summed E-state index contributed by atoms with van der Waals surface area (Å²) >= 11 is 2.88. The Hall–Kier alpha value is -1.92. The van der Waals surface area contributed by atoms with Gasteiger partial charge in [0.2, 0.25) is 0 Å². The maximum absolute atomic E-state index is 12.0. The van der Waals surface area contributed by atoms with Gasteiger partial charge in [0.15, 0.2) is 5.01 Å². The minimum absolute atomic E-state index is 0.182. The van der Waals surface area contributed by atoms with Crippen LogP contribution in [0.4, 0.5) is 0 Å². The number of phenols is 1. The molecule has 4 nitrogen and oxygen atoms in total. The van der Waals surface area contributed by atoms with Crippen molar-refractivity contribution in [3.63, 3.8) is 0 Å². The molecule has 0 spiro atoms. The molecule has 0 atom stereocenters. The summed E-state index contributed by atoms with van der Waals surface area (Å²) in [5.41, 5.74) is 0.726. The van der Waals surface area contributed by atoms with E-state index in [9.17, 15) is 9.90 Å². The van der Waals surface area contributed by atoms with Gasteiger partial charge >= 0.3 is 0 Å². The zero-order valence-corrected chi connectivity index (χ0v) is 11.4. The van der Waals surface area contributed by atoms with Crippen LogP contribution >= 0.6 is 22.7 Å². The predicted octanol–water partition coefficient (Wildman–Crippen LogP) is 2.99. The van der Waals surface area contributed by atoms with Crippen LogP contribution in [0.1, 0.15) is 14.7 Å². The third kappa shape index (κ3) is 2.59. The van der Waals surface area contributed by atoms with Crippen LogP contribution in [0, 0.1) is 0 Å².